The van der Waals surface area contributed by atoms with Crippen LogP contribution in [0.3, 0.4) is 0 Å². The van der Waals surface area contributed by atoms with E-state index in [1.165, 1.54) is 6.08 Å². The van der Waals surface area contributed by atoms with Crippen molar-refractivity contribution in [3.63, 3.8) is 0 Å². The van der Waals surface area contributed by atoms with E-state index in [1.54, 1.807) is 0 Å². The van der Waals surface area contributed by atoms with E-state index in [0.717, 1.165) is 5.57 Å². The molecular weight excluding hydrogens is 192 g/mol. The largest absolute Gasteiger partial charge is 0.457 e. The maximum atomic E-state index is 11.4. The lowest BCUT2D eigenvalue weighted by atomic mass is 9.94. The van der Waals surface area contributed by atoms with Crippen LogP contribution in [0.1, 0.15) is 46.5 Å². The quantitative estimate of drug-likeness (QED) is 0.493. The molecule has 0 saturated heterocycles. The lowest BCUT2D eigenvalue weighted by molar-refractivity contribution is -0.148. The van der Waals surface area contributed by atoms with Crippen molar-refractivity contribution in [1.29, 1.82) is 0 Å². The molecular formula is C12H18O3. The highest BCUT2D eigenvalue weighted by molar-refractivity contribution is 5.85. The van der Waals surface area contributed by atoms with Crippen LogP contribution < -0.4 is 0 Å². The first-order valence-electron chi connectivity index (χ1n) is 5.31. The summed E-state index contributed by atoms with van der Waals surface area (Å²) in [6.45, 7) is 5.52. The monoisotopic (exact) mass is 210 g/mol. The Hall–Kier alpha value is -1.12. The Morgan fingerprint density at radius 2 is 1.73 bits per heavy atom. The number of ketones is 1. The summed E-state index contributed by atoms with van der Waals surface area (Å²) in [5, 5.41) is 0. The smallest absolute Gasteiger partial charge is 0.331 e. The SMILES string of the molecule is CC(C)(C)OC(=O)C=C1CCC(=O)CC1. The number of esters is 1. The third-order valence-electron chi connectivity index (χ3n) is 2.18. The van der Waals surface area contributed by atoms with Gasteiger partial charge in [0.2, 0.25) is 0 Å². The minimum Gasteiger partial charge on any atom is -0.457 e. The van der Waals surface area contributed by atoms with Gasteiger partial charge in [-0.3, -0.25) is 4.79 Å². The maximum Gasteiger partial charge on any atom is 0.331 e. The van der Waals surface area contributed by atoms with Gasteiger partial charge in [-0.25, -0.2) is 4.79 Å². The van der Waals surface area contributed by atoms with Crippen molar-refractivity contribution in [2.24, 2.45) is 0 Å². The molecule has 0 aromatic rings. The van der Waals surface area contributed by atoms with E-state index in [0.29, 0.717) is 25.7 Å². The Morgan fingerprint density at radius 1 is 1.20 bits per heavy atom. The fraction of sp³-hybridized carbons (Fsp3) is 0.667. The number of Topliss-reactive ketones (excluding diaryl/α,β-unsaturated/α-hetero) is 1. The van der Waals surface area contributed by atoms with Gasteiger partial charge in [-0.2, -0.15) is 0 Å². The van der Waals surface area contributed by atoms with Crippen LogP contribution in [0.2, 0.25) is 0 Å². The molecule has 0 radical (unpaired) electrons. The van der Waals surface area contributed by atoms with Crippen LogP contribution in [0.15, 0.2) is 11.6 Å². The molecule has 3 nitrogen and oxygen atoms in total. The van der Waals surface area contributed by atoms with E-state index in [2.05, 4.69) is 0 Å². The number of carbonyl (C=O) groups is 2. The van der Waals surface area contributed by atoms with Crippen molar-refractivity contribution < 1.29 is 14.3 Å². The molecule has 84 valence electrons. The summed E-state index contributed by atoms with van der Waals surface area (Å²) in [4.78, 5) is 22.4. The first-order chi connectivity index (χ1) is 6.87. The van der Waals surface area contributed by atoms with Crippen molar-refractivity contribution in [1.82, 2.24) is 0 Å². The number of ether oxygens (including phenoxy) is 1. The molecule has 3 heteroatoms. The van der Waals surface area contributed by atoms with Crippen LogP contribution in [-0.2, 0) is 14.3 Å². The lowest BCUT2D eigenvalue weighted by Crippen LogP contribution is -2.23. The average molecular weight is 210 g/mol. The van der Waals surface area contributed by atoms with Crippen molar-refractivity contribution >= 4 is 11.8 Å². The molecule has 1 aliphatic rings. The van der Waals surface area contributed by atoms with Crippen molar-refractivity contribution in [3.8, 4) is 0 Å². The van der Waals surface area contributed by atoms with Gasteiger partial charge in [-0.15, -0.1) is 0 Å². The number of rotatable bonds is 1. The topological polar surface area (TPSA) is 43.4 Å². The molecule has 0 amide bonds. The molecule has 0 N–H and O–H groups in total. The van der Waals surface area contributed by atoms with Gasteiger partial charge < -0.3 is 4.74 Å². The second kappa shape index (κ2) is 4.60. The maximum absolute atomic E-state index is 11.4. The van der Waals surface area contributed by atoms with E-state index >= 15 is 0 Å². The van der Waals surface area contributed by atoms with Gasteiger partial charge in [0.25, 0.3) is 0 Å². The predicted octanol–water partition coefficient (Wildman–Crippen LogP) is 2.40. The lowest BCUT2D eigenvalue weighted by Gasteiger charge is -2.19. The van der Waals surface area contributed by atoms with Gasteiger partial charge in [-0.1, -0.05) is 5.57 Å². The van der Waals surface area contributed by atoms with Crippen LogP contribution in [0.25, 0.3) is 0 Å². The van der Waals surface area contributed by atoms with Crippen molar-refractivity contribution in [2.75, 3.05) is 0 Å². The molecule has 0 bridgehead atoms. The highest BCUT2D eigenvalue weighted by Crippen LogP contribution is 2.20. The van der Waals surface area contributed by atoms with Gasteiger partial charge in [0, 0.05) is 18.9 Å². The van der Waals surface area contributed by atoms with Crippen LogP contribution in [-0.4, -0.2) is 17.4 Å². The summed E-state index contributed by atoms with van der Waals surface area (Å²) < 4.78 is 5.17. The normalized spacial score (nSPS) is 17.5. The molecule has 1 aliphatic carbocycles. The summed E-state index contributed by atoms with van der Waals surface area (Å²) in [7, 11) is 0. The first kappa shape index (κ1) is 12.0. The predicted molar refractivity (Wildman–Crippen MR) is 57.4 cm³/mol. The minimum absolute atomic E-state index is 0.288. The van der Waals surface area contributed by atoms with Gasteiger partial charge in [-0.05, 0) is 33.6 Å². The number of hydrogen-bond donors (Lipinski definition) is 0. The second-order valence-corrected chi connectivity index (χ2v) is 4.87. The summed E-state index contributed by atoms with van der Waals surface area (Å²) in [6.07, 6.45) is 4.08. The molecule has 1 rings (SSSR count). The van der Waals surface area contributed by atoms with E-state index in [-0.39, 0.29) is 11.8 Å². The molecule has 0 aromatic carbocycles. The molecule has 0 aromatic heterocycles. The van der Waals surface area contributed by atoms with Gasteiger partial charge in [0.15, 0.2) is 0 Å². The van der Waals surface area contributed by atoms with Crippen molar-refractivity contribution in [2.45, 2.75) is 52.1 Å². The Bertz CT molecular complexity index is 282. The first-order valence-corrected chi connectivity index (χ1v) is 5.31. The zero-order valence-corrected chi connectivity index (χ0v) is 9.63. The van der Waals surface area contributed by atoms with Gasteiger partial charge >= 0.3 is 5.97 Å². The highest BCUT2D eigenvalue weighted by atomic mass is 16.6. The number of allylic oxidation sites excluding steroid dienone is 1. The Balaban J connectivity index is 2.49. The van der Waals surface area contributed by atoms with Crippen LogP contribution >= 0.6 is 0 Å². The number of hydrogen-bond acceptors (Lipinski definition) is 3. The third-order valence-corrected chi connectivity index (χ3v) is 2.18. The van der Waals surface area contributed by atoms with Gasteiger partial charge in [0.05, 0.1) is 0 Å². The molecule has 1 fully saturated rings. The zero-order chi connectivity index (χ0) is 11.5. The zero-order valence-electron chi connectivity index (χ0n) is 9.63. The summed E-state index contributed by atoms with van der Waals surface area (Å²) in [6, 6.07) is 0. The highest BCUT2D eigenvalue weighted by Gasteiger charge is 2.17. The summed E-state index contributed by atoms with van der Waals surface area (Å²) in [5.41, 5.74) is 0.586. The Kier molecular flexibility index (Phi) is 3.66. The molecule has 0 unspecified atom stereocenters. The van der Waals surface area contributed by atoms with E-state index in [1.807, 2.05) is 20.8 Å². The standard InChI is InChI=1S/C12H18O3/c1-12(2,3)15-11(14)8-9-4-6-10(13)7-5-9/h8H,4-7H2,1-3H3. The van der Waals surface area contributed by atoms with Gasteiger partial charge in [0.1, 0.15) is 11.4 Å². The minimum atomic E-state index is -0.446. The molecule has 0 aliphatic heterocycles. The number of carbonyl (C=O) groups excluding carboxylic acids is 2. The second-order valence-electron chi connectivity index (χ2n) is 4.87. The van der Waals surface area contributed by atoms with E-state index in [9.17, 15) is 9.59 Å². The molecule has 0 atom stereocenters. The third kappa shape index (κ3) is 4.77. The van der Waals surface area contributed by atoms with Crippen LogP contribution in [0.5, 0.6) is 0 Å². The van der Waals surface area contributed by atoms with E-state index in [4.69, 9.17) is 4.74 Å². The fourth-order valence-electron chi connectivity index (χ4n) is 1.49. The fourth-order valence-corrected chi connectivity index (χ4v) is 1.49. The van der Waals surface area contributed by atoms with Crippen LogP contribution in [0.4, 0.5) is 0 Å². The van der Waals surface area contributed by atoms with Crippen molar-refractivity contribution in [3.05, 3.63) is 11.6 Å². The van der Waals surface area contributed by atoms with E-state index < -0.39 is 5.60 Å². The Labute approximate surface area is 90.5 Å². The molecule has 1 saturated carbocycles. The van der Waals surface area contributed by atoms with Crippen LogP contribution in [0, 0.1) is 0 Å². The molecule has 0 spiro atoms. The summed E-state index contributed by atoms with van der Waals surface area (Å²) in [5.74, 6) is -0.0109. The Morgan fingerprint density at radius 3 is 2.20 bits per heavy atom. The summed E-state index contributed by atoms with van der Waals surface area (Å²) >= 11 is 0. The average Bonchev–Trinajstić information content (AvgIpc) is 2.05. The molecule has 0 heterocycles. The molecule has 15 heavy (non-hydrogen) atoms.